The zero-order chi connectivity index (χ0) is 10.9. The zero-order valence-electron chi connectivity index (χ0n) is 9.78. The molecule has 4 nitrogen and oxygen atoms in total. The minimum atomic E-state index is 0.332. The molecule has 1 fully saturated rings. The molecule has 1 aliphatic rings. The van der Waals surface area contributed by atoms with E-state index in [2.05, 4.69) is 27.9 Å². The standard InChI is InChI=1S/C11H21N3O/c1-3-12-10-13-7-5-8-14(2)11-6-4-9-15-11/h11H,3-9H2,1-2H3. The van der Waals surface area contributed by atoms with Crippen LogP contribution in [-0.4, -0.2) is 50.4 Å². The highest BCUT2D eigenvalue weighted by atomic mass is 16.5. The van der Waals surface area contributed by atoms with Crippen LogP contribution in [0.3, 0.4) is 0 Å². The van der Waals surface area contributed by atoms with Crippen LogP contribution in [0.25, 0.3) is 0 Å². The molecule has 0 aromatic carbocycles. The van der Waals surface area contributed by atoms with Crippen LogP contribution in [0.15, 0.2) is 9.98 Å². The number of aliphatic imine (C=N–C) groups is 2. The molecule has 15 heavy (non-hydrogen) atoms. The monoisotopic (exact) mass is 211 g/mol. The van der Waals surface area contributed by atoms with Gasteiger partial charge < -0.3 is 4.74 Å². The van der Waals surface area contributed by atoms with Crippen molar-refractivity contribution < 1.29 is 4.74 Å². The second-order valence-electron chi connectivity index (χ2n) is 3.76. The molecule has 0 amide bonds. The van der Waals surface area contributed by atoms with E-state index in [1.807, 2.05) is 6.92 Å². The molecule has 86 valence electrons. The van der Waals surface area contributed by atoms with Crippen molar-refractivity contribution in [3.63, 3.8) is 0 Å². The zero-order valence-corrected chi connectivity index (χ0v) is 9.78. The first kappa shape index (κ1) is 12.4. The van der Waals surface area contributed by atoms with Gasteiger partial charge in [-0.2, -0.15) is 0 Å². The second kappa shape index (κ2) is 7.57. The Kier molecular flexibility index (Phi) is 6.25. The lowest BCUT2D eigenvalue weighted by Crippen LogP contribution is -2.31. The molecule has 0 radical (unpaired) electrons. The highest BCUT2D eigenvalue weighted by Gasteiger charge is 2.19. The quantitative estimate of drug-likeness (QED) is 0.495. The molecule has 1 atom stereocenters. The Bertz CT molecular complexity index is 218. The summed E-state index contributed by atoms with van der Waals surface area (Å²) in [6.07, 6.45) is 3.73. The van der Waals surface area contributed by atoms with Crippen LogP contribution < -0.4 is 0 Å². The minimum absolute atomic E-state index is 0.332. The van der Waals surface area contributed by atoms with Crippen LogP contribution in [0.2, 0.25) is 0 Å². The van der Waals surface area contributed by atoms with Gasteiger partial charge in [0.15, 0.2) is 0 Å². The Morgan fingerprint density at radius 1 is 1.47 bits per heavy atom. The van der Waals surface area contributed by atoms with Crippen molar-refractivity contribution in [2.45, 2.75) is 32.4 Å². The van der Waals surface area contributed by atoms with Gasteiger partial charge in [0.05, 0.1) is 12.6 Å². The lowest BCUT2D eigenvalue weighted by molar-refractivity contribution is -0.00476. The van der Waals surface area contributed by atoms with Gasteiger partial charge in [0.1, 0.15) is 6.23 Å². The lowest BCUT2D eigenvalue weighted by Gasteiger charge is -2.22. The Morgan fingerprint density at radius 2 is 2.33 bits per heavy atom. The molecule has 1 saturated heterocycles. The number of hydrogen-bond acceptors (Lipinski definition) is 4. The fourth-order valence-corrected chi connectivity index (χ4v) is 1.62. The molecular formula is C11H21N3O. The molecule has 0 aromatic heterocycles. The summed E-state index contributed by atoms with van der Waals surface area (Å²) in [5.74, 6) is 0. The van der Waals surface area contributed by atoms with Gasteiger partial charge in [0.2, 0.25) is 0 Å². The molecule has 0 bridgehead atoms. The van der Waals surface area contributed by atoms with Gasteiger partial charge in [-0.25, -0.2) is 9.98 Å². The van der Waals surface area contributed by atoms with Crippen molar-refractivity contribution in [2.75, 3.05) is 33.3 Å². The minimum Gasteiger partial charge on any atom is -0.363 e. The molecule has 0 aliphatic carbocycles. The molecule has 1 aliphatic heterocycles. The number of nitrogens with zero attached hydrogens (tertiary/aromatic N) is 3. The van der Waals surface area contributed by atoms with E-state index >= 15 is 0 Å². The van der Waals surface area contributed by atoms with E-state index in [1.165, 1.54) is 6.42 Å². The Hall–Kier alpha value is -0.700. The van der Waals surface area contributed by atoms with Crippen molar-refractivity contribution >= 4 is 6.01 Å². The van der Waals surface area contributed by atoms with E-state index in [4.69, 9.17) is 4.74 Å². The second-order valence-corrected chi connectivity index (χ2v) is 3.76. The maximum atomic E-state index is 5.57. The first-order chi connectivity index (χ1) is 7.34. The predicted molar refractivity (Wildman–Crippen MR) is 61.5 cm³/mol. The van der Waals surface area contributed by atoms with E-state index in [1.54, 1.807) is 0 Å². The largest absolute Gasteiger partial charge is 0.363 e. The summed E-state index contributed by atoms with van der Waals surface area (Å²) in [7, 11) is 2.11. The van der Waals surface area contributed by atoms with Gasteiger partial charge in [0, 0.05) is 19.7 Å². The van der Waals surface area contributed by atoms with Crippen LogP contribution in [0.5, 0.6) is 0 Å². The lowest BCUT2D eigenvalue weighted by atomic mass is 10.3. The normalized spacial score (nSPS) is 20.3. The first-order valence-corrected chi connectivity index (χ1v) is 5.74. The average Bonchev–Trinajstić information content (AvgIpc) is 2.76. The van der Waals surface area contributed by atoms with Gasteiger partial charge in [-0.15, -0.1) is 0 Å². The van der Waals surface area contributed by atoms with Crippen LogP contribution >= 0.6 is 0 Å². The summed E-state index contributed by atoms with van der Waals surface area (Å²) in [6, 6.07) is 2.68. The van der Waals surface area contributed by atoms with Crippen molar-refractivity contribution in [3.8, 4) is 0 Å². The van der Waals surface area contributed by atoms with E-state index in [0.717, 1.165) is 39.1 Å². The molecule has 1 heterocycles. The predicted octanol–water partition coefficient (Wildman–Crippen LogP) is 1.64. The third kappa shape index (κ3) is 5.07. The summed E-state index contributed by atoms with van der Waals surface area (Å²) in [4.78, 5) is 10.2. The molecular weight excluding hydrogens is 190 g/mol. The van der Waals surface area contributed by atoms with Gasteiger partial charge in [-0.3, -0.25) is 4.90 Å². The van der Waals surface area contributed by atoms with Crippen LogP contribution in [-0.2, 0) is 4.74 Å². The molecule has 4 heteroatoms. The van der Waals surface area contributed by atoms with Crippen molar-refractivity contribution in [3.05, 3.63) is 0 Å². The summed E-state index contributed by atoms with van der Waals surface area (Å²) < 4.78 is 5.57. The molecule has 0 spiro atoms. The van der Waals surface area contributed by atoms with Gasteiger partial charge in [-0.1, -0.05) is 0 Å². The number of hydrogen-bond donors (Lipinski definition) is 0. The van der Waals surface area contributed by atoms with Crippen LogP contribution in [0, 0.1) is 0 Å². The molecule has 1 unspecified atom stereocenters. The van der Waals surface area contributed by atoms with E-state index in [-0.39, 0.29) is 0 Å². The molecule has 0 aromatic rings. The summed E-state index contributed by atoms with van der Waals surface area (Å²) >= 11 is 0. The van der Waals surface area contributed by atoms with Crippen molar-refractivity contribution in [2.24, 2.45) is 9.98 Å². The molecule has 0 saturated carbocycles. The Balaban J connectivity index is 2.06. The molecule has 0 N–H and O–H groups in total. The fraction of sp³-hybridized carbons (Fsp3) is 0.909. The highest BCUT2D eigenvalue weighted by molar-refractivity contribution is 5.40. The fourth-order valence-electron chi connectivity index (χ4n) is 1.62. The summed E-state index contributed by atoms with van der Waals surface area (Å²) in [6.45, 7) is 5.49. The maximum Gasteiger partial charge on any atom is 0.110 e. The number of rotatable bonds is 6. The highest BCUT2D eigenvalue weighted by Crippen LogP contribution is 2.14. The van der Waals surface area contributed by atoms with Crippen molar-refractivity contribution in [1.29, 1.82) is 0 Å². The van der Waals surface area contributed by atoms with E-state index in [0.29, 0.717) is 6.23 Å². The van der Waals surface area contributed by atoms with Crippen LogP contribution in [0.1, 0.15) is 26.2 Å². The molecule has 1 rings (SSSR count). The summed E-state index contributed by atoms with van der Waals surface area (Å²) in [5.41, 5.74) is 0. The first-order valence-electron chi connectivity index (χ1n) is 5.74. The van der Waals surface area contributed by atoms with E-state index < -0.39 is 0 Å². The smallest absolute Gasteiger partial charge is 0.110 e. The van der Waals surface area contributed by atoms with Gasteiger partial charge in [-0.05, 0) is 33.2 Å². The number of ether oxygens (including phenoxy) is 1. The average molecular weight is 211 g/mol. The Morgan fingerprint density at radius 3 is 3.00 bits per heavy atom. The SMILES string of the molecule is CCN=C=NCCCN(C)C1CCCO1. The Labute approximate surface area is 92.0 Å². The third-order valence-corrected chi connectivity index (χ3v) is 2.48. The summed E-state index contributed by atoms with van der Waals surface area (Å²) in [5, 5.41) is 0. The van der Waals surface area contributed by atoms with Crippen LogP contribution in [0.4, 0.5) is 0 Å². The van der Waals surface area contributed by atoms with Gasteiger partial charge >= 0.3 is 0 Å². The third-order valence-electron chi connectivity index (χ3n) is 2.48. The van der Waals surface area contributed by atoms with E-state index in [9.17, 15) is 0 Å². The maximum absolute atomic E-state index is 5.57. The van der Waals surface area contributed by atoms with Gasteiger partial charge in [0.25, 0.3) is 0 Å². The topological polar surface area (TPSA) is 37.2 Å². The van der Waals surface area contributed by atoms with Crippen molar-refractivity contribution in [1.82, 2.24) is 4.90 Å².